The minimum absolute atomic E-state index is 0.594. The van der Waals surface area contributed by atoms with Gasteiger partial charge in [-0.05, 0) is 71.0 Å². The molecule has 0 heterocycles. The van der Waals surface area contributed by atoms with E-state index >= 15 is 0 Å². The number of aryl methyl sites for hydroxylation is 5. The van der Waals surface area contributed by atoms with Crippen LogP contribution in [0.4, 0.5) is 13.2 Å². The molecule has 4 aromatic carbocycles. The van der Waals surface area contributed by atoms with Crippen LogP contribution in [0, 0.1) is 34.6 Å². The van der Waals surface area contributed by atoms with Crippen LogP contribution in [-0.4, -0.2) is 0 Å². The molecule has 0 aromatic heterocycles. The molecule has 0 N–H and O–H groups in total. The quantitative estimate of drug-likeness (QED) is 0.200. The highest BCUT2D eigenvalue weighted by molar-refractivity contribution is 9.10. The second kappa shape index (κ2) is 15.4. The first-order valence-electron chi connectivity index (χ1n) is 11.0. The first kappa shape index (κ1) is 30.5. The van der Waals surface area contributed by atoms with E-state index in [4.69, 9.17) is 11.6 Å². The fourth-order valence-corrected chi connectivity index (χ4v) is 2.84. The molecule has 0 amide bonds. The van der Waals surface area contributed by atoms with Crippen LogP contribution in [0.5, 0.6) is 0 Å². The fourth-order valence-electron chi connectivity index (χ4n) is 2.45. The van der Waals surface area contributed by atoms with Crippen LogP contribution in [0.3, 0.4) is 0 Å². The molecule has 0 saturated heterocycles. The van der Waals surface area contributed by atoms with Crippen molar-refractivity contribution in [1.82, 2.24) is 0 Å². The number of hydrogen-bond acceptors (Lipinski definition) is 0. The number of rotatable bonds is 0. The van der Waals surface area contributed by atoms with Crippen molar-refractivity contribution in [3.05, 3.63) is 140 Å². The topological polar surface area (TPSA) is 0 Å². The van der Waals surface area contributed by atoms with Gasteiger partial charge in [0, 0.05) is 9.50 Å². The Bertz CT molecular complexity index is 934. The van der Waals surface area contributed by atoms with E-state index in [1.807, 2.05) is 43.3 Å². The van der Waals surface area contributed by atoms with Gasteiger partial charge < -0.3 is 0 Å². The van der Waals surface area contributed by atoms with Crippen molar-refractivity contribution in [2.45, 2.75) is 40.8 Å². The highest BCUT2D eigenvalue weighted by Crippen LogP contribution is 2.28. The van der Waals surface area contributed by atoms with Crippen LogP contribution >= 0.6 is 27.5 Å². The number of alkyl halides is 3. The number of benzene rings is 4. The summed E-state index contributed by atoms with van der Waals surface area (Å²) in [7, 11) is 0. The van der Waals surface area contributed by atoms with Gasteiger partial charge in [0.2, 0.25) is 0 Å². The first-order chi connectivity index (χ1) is 16.4. The number of hydrogen-bond donors (Lipinski definition) is 0. The van der Waals surface area contributed by atoms with Gasteiger partial charge in [-0.2, -0.15) is 13.2 Å². The van der Waals surface area contributed by atoms with Crippen molar-refractivity contribution >= 4 is 27.5 Å². The summed E-state index contributed by atoms with van der Waals surface area (Å²) in [6.45, 7) is 10.1. The summed E-state index contributed by atoms with van der Waals surface area (Å²) in [6.07, 6.45) is -4.21. The maximum absolute atomic E-state index is 11.9. The molecule has 0 nitrogen and oxygen atoms in total. The molecule has 4 rings (SSSR count). The molecule has 0 aliphatic heterocycles. The van der Waals surface area contributed by atoms with Gasteiger partial charge in [0.05, 0.1) is 5.56 Å². The zero-order valence-electron chi connectivity index (χ0n) is 20.6. The summed E-state index contributed by atoms with van der Waals surface area (Å²) < 4.78 is 36.9. The third-order valence-corrected chi connectivity index (χ3v) is 5.40. The lowest BCUT2D eigenvalue weighted by atomic mass is 10.1. The summed E-state index contributed by atoms with van der Waals surface area (Å²) in [6, 6.07) is 29.5. The lowest BCUT2D eigenvalue weighted by molar-refractivity contribution is -0.137. The molecule has 0 radical (unpaired) electrons. The Morgan fingerprint density at radius 3 is 1.00 bits per heavy atom. The zero-order valence-corrected chi connectivity index (χ0v) is 23.0. The molecule has 0 aliphatic carbocycles. The predicted molar refractivity (Wildman–Crippen MR) is 147 cm³/mol. The maximum Gasteiger partial charge on any atom is 0.416 e. The normalized spacial score (nSPS) is 10.0. The largest absolute Gasteiger partial charge is 0.416 e. The van der Waals surface area contributed by atoms with Gasteiger partial charge in [-0.1, -0.05) is 116 Å². The van der Waals surface area contributed by atoms with Crippen molar-refractivity contribution in [2.24, 2.45) is 0 Å². The van der Waals surface area contributed by atoms with Crippen molar-refractivity contribution in [3.8, 4) is 0 Å². The van der Waals surface area contributed by atoms with E-state index in [2.05, 4.69) is 73.1 Å². The summed E-state index contributed by atoms with van der Waals surface area (Å²) in [5.74, 6) is 0. The molecule has 0 aliphatic rings. The lowest BCUT2D eigenvalue weighted by Gasteiger charge is -2.05. The van der Waals surface area contributed by atoms with E-state index in [9.17, 15) is 13.2 Å². The van der Waals surface area contributed by atoms with E-state index in [1.54, 1.807) is 6.92 Å². The fraction of sp³-hybridized carbons (Fsp3) is 0.200. The smallest absolute Gasteiger partial charge is 0.166 e. The summed E-state index contributed by atoms with van der Waals surface area (Å²) in [4.78, 5) is 0. The Kier molecular flexibility index (Phi) is 13.4. The third kappa shape index (κ3) is 14.4. The van der Waals surface area contributed by atoms with E-state index in [0.29, 0.717) is 0 Å². The Labute approximate surface area is 220 Å². The predicted octanol–water partition coefficient (Wildman–Crippen LogP) is 10.7. The van der Waals surface area contributed by atoms with Crippen LogP contribution in [0.25, 0.3) is 0 Å². The van der Waals surface area contributed by atoms with E-state index in [1.165, 1.54) is 34.4 Å². The van der Waals surface area contributed by atoms with Gasteiger partial charge in [-0.15, -0.1) is 0 Å². The minimum atomic E-state index is -4.21. The second-order valence-corrected chi connectivity index (χ2v) is 9.46. The first-order valence-corrected chi connectivity index (χ1v) is 12.2. The molecule has 35 heavy (non-hydrogen) atoms. The molecular formula is C30H31BrClF3. The average molecular weight is 564 g/mol. The van der Waals surface area contributed by atoms with E-state index < -0.39 is 11.7 Å². The molecule has 0 atom stereocenters. The van der Waals surface area contributed by atoms with Gasteiger partial charge in [-0.25, -0.2) is 0 Å². The lowest BCUT2D eigenvalue weighted by Crippen LogP contribution is -2.03. The maximum atomic E-state index is 11.9. The third-order valence-electron chi connectivity index (χ3n) is 4.62. The molecule has 0 saturated carbocycles. The summed E-state index contributed by atoms with van der Waals surface area (Å²) in [5, 5.41) is 0.801. The molecular weight excluding hydrogens is 533 g/mol. The Balaban J connectivity index is 0.000000236. The molecule has 0 spiro atoms. The van der Waals surface area contributed by atoms with Crippen LogP contribution in [-0.2, 0) is 6.18 Å². The SMILES string of the molecule is Cc1ccc(Br)cc1.Cc1ccc(C(F)(F)F)cc1.Cc1ccc(C)cc1.Cc1ccc(Cl)cc1. The van der Waals surface area contributed by atoms with E-state index in [0.717, 1.165) is 27.2 Å². The Morgan fingerprint density at radius 2 is 0.743 bits per heavy atom. The van der Waals surface area contributed by atoms with E-state index in [-0.39, 0.29) is 0 Å². The van der Waals surface area contributed by atoms with Crippen molar-refractivity contribution < 1.29 is 13.2 Å². The van der Waals surface area contributed by atoms with Crippen molar-refractivity contribution in [1.29, 1.82) is 0 Å². The van der Waals surface area contributed by atoms with Crippen LogP contribution in [0.15, 0.2) is 102 Å². The molecule has 5 heteroatoms. The number of halogens is 5. The van der Waals surface area contributed by atoms with Crippen LogP contribution in [0.1, 0.15) is 33.4 Å². The Morgan fingerprint density at radius 1 is 0.486 bits per heavy atom. The highest BCUT2D eigenvalue weighted by Gasteiger charge is 2.29. The second-order valence-electron chi connectivity index (χ2n) is 8.11. The minimum Gasteiger partial charge on any atom is -0.166 e. The standard InChI is InChI=1S/C8H7F3.C8H10.C7H7Br.C7H7Cl/c1-6-2-4-7(5-3-6)8(9,10)11;1-7-3-5-8(2)6-4-7;2*1-6-2-4-7(8)5-3-6/h2-5H,1H3;3-6H,1-2H3;2*2-5H,1H3. The summed E-state index contributed by atoms with van der Waals surface area (Å²) in [5.41, 5.74) is 5.44. The molecule has 0 fully saturated rings. The average Bonchev–Trinajstić information content (AvgIpc) is 2.81. The van der Waals surface area contributed by atoms with Gasteiger partial charge >= 0.3 is 6.18 Å². The van der Waals surface area contributed by atoms with Gasteiger partial charge in [0.1, 0.15) is 0 Å². The summed E-state index contributed by atoms with van der Waals surface area (Å²) >= 11 is 8.96. The monoisotopic (exact) mass is 562 g/mol. The van der Waals surface area contributed by atoms with Crippen molar-refractivity contribution in [3.63, 3.8) is 0 Å². The van der Waals surface area contributed by atoms with Crippen LogP contribution in [0.2, 0.25) is 5.02 Å². The van der Waals surface area contributed by atoms with Gasteiger partial charge in [-0.3, -0.25) is 0 Å². The molecule has 0 bridgehead atoms. The zero-order chi connectivity index (χ0) is 26.4. The van der Waals surface area contributed by atoms with Crippen LogP contribution < -0.4 is 0 Å². The molecule has 4 aromatic rings. The molecule has 186 valence electrons. The van der Waals surface area contributed by atoms with Gasteiger partial charge in [0.15, 0.2) is 0 Å². The van der Waals surface area contributed by atoms with Gasteiger partial charge in [0.25, 0.3) is 0 Å². The van der Waals surface area contributed by atoms with Crippen molar-refractivity contribution in [2.75, 3.05) is 0 Å². The molecule has 0 unspecified atom stereocenters. The highest BCUT2D eigenvalue weighted by atomic mass is 79.9. The Hall–Kier alpha value is -2.56.